The van der Waals surface area contributed by atoms with E-state index in [4.69, 9.17) is 21.5 Å². The summed E-state index contributed by atoms with van der Waals surface area (Å²) < 4.78 is 14.8. The van der Waals surface area contributed by atoms with Crippen LogP contribution >= 0.6 is 34.2 Å². The molecule has 0 radical (unpaired) electrons. The van der Waals surface area contributed by atoms with E-state index in [1.54, 1.807) is 12.1 Å². The van der Waals surface area contributed by atoms with Crippen LogP contribution in [0.25, 0.3) is 0 Å². The van der Waals surface area contributed by atoms with Crippen LogP contribution in [0.5, 0.6) is 0 Å². The number of rotatable bonds is 7. The molecule has 0 saturated carbocycles. The molecule has 1 heterocycles. The monoisotopic (exact) mass is 480 g/mol. The molecule has 134 valence electrons. The van der Waals surface area contributed by atoms with Gasteiger partial charge in [0.1, 0.15) is 23.7 Å². The largest absolute Gasteiger partial charge is 0.394 e. The van der Waals surface area contributed by atoms with Crippen LogP contribution in [-0.4, -0.2) is 40.4 Å². The van der Waals surface area contributed by atoms with Crippen molar-refractivity contribution in [3.63, 3.8) is 0 Å². The molecule has 2 rings (SSSR count). The van der Waals surface area contributed by atoms with Crippen LogP contribution in [0, 0.1) is 9.39 Å². The normalized spacial score (nSPS) is 12.0. The van der Waals surface area contributed by atoms with Gasteiger partial charge in [-0.05, 0) is 46.4 Å². The summed E-state index contributed by atoms with van der Waals surface area (Å²) in [6, 6.07) is 6.20. The summed E-state index contributed by atoms with van der Waals surface area (Å²) in [5, 5.41) is 18.0. The number of pyridine rings is 1. The molecular weight excluding hydrogens is 466 g/mol. The average molecular weight is 481 g/mol. The number of nitrogens with zero attached hydrogens (tertiary/aromatic N) is 1. The Balaban J connectivity index is 2.19. The second-order valence-corrected chi connectivity index (χ2v) is 6.72. The minimum absolute atomic E-state index is 0.0808. The van der Waals surface area contributed by atoms with Gasteiger partial charge in [-0.1, -0.05) is 17.7 Å². The van der Waals surface area contributed by atoms with Gasteiger partial charge in [0.05, 0.1) is 6.61 Å². The number of aliphatic hydroxyl groups excluding tert-OH is 2. The van der Waals surface area contributed by atoms with Crippen LogP contribution in [-0.2, 0) is 11.3 Å². The molecule has 1 atom stereocenters. The molecule has 0 saturated heterocycles. The lowest BCUT2D eigenvalue weighted by atomic mass is 10.0. The Morgan fingerprint density at radius 3 is 2.88 bits per heavy atom. The zero-order chi connectivity index (χ0) is 18.4. The fourth-order valence-corrected chi connectivity index (χ4v) is 2.69. The Labute approximate surface area is 162 Å². The van der Waals surface area contributed by atoms with Crippen LogP contribution in [0.1, 0.15) is 21.5 Å². The van der Waals surface area contributed by atoms with Crippen LogP contribution in [0.3, 0.4) is 0 Å². The van der Waals surface area contributed by atoms with E-state index in [2.05, 4.69) is 10.5 Å². The highest BCUT2D eigenvalue weighted by atomic mass is 127. The van der Waals surface area contributed by atoms with Gasteiger partial charge in [-0.2, -0.15) is 0 Å². The Kier molecular flexibility index (Phi) is 7.51. The van der Waals surface area contributed by atoms with E-state index < -0.39 is 24.4 Å². The molecule has 1 aromatic carbocycles. The van der Waals surface area contributed by atoms with Gasteiger partial charge >= 0.3 is 0 Å². The van der Waals surface area contributed by atoms with E-state index in [0.29, 0.717) is 11.1 Å². The average Bonchev–Trinajstić information content (AvgIpc) is 2.58. The summed E-state index contributed by atoms with van der Waals surface area (Å²) in [4.78, 5) is 21.0. The summed E-state index contributed by atoms with van der Waals surface area (Å²) in [6.07, 6.45) is 0.326. The third kappa shape index (κ3) is 5.58. The number of hydrogen-bond acceptors (Lipinski definition) is 5. The maximum atomic E-state index is 14.1. The number of hydrogen-bond donors (Lipinski definition) is 3. The molecule has 3 N–H and O–H groups in total. The van der Waals surface area contributed by atoms with E-state index in [1.807, 2.05) is 22.6 Å². The Bertz CT molecular complexity index is 763. The van der Waals surface area contributed by atoms with Crippen LogP contribution in [0.15, 0.2) is 30.5 Å². The van der Waals surface area contributed by atoms with Crippen molar-refractivity contribution in [3.8, 4) is 0 Å². The molecule has 25 heavy (non-hydrogen) atoms. The number of halogens is 3. The molecule has 0 aliphatic carbocycles. The second kappa shape index (κ2) is 9.39. The SMILES string of the molecule is O=C(NOC[C@H](O)CO)c1ccnc(Cl)c1Cc1ccc(I)cc1F. The van der Waals surface area contributed by atoms with Gasteiger partial charge in [0.15, 0.2) is 0 Å². The first kappa shape index (κ1) is 20.0. The zero-order valence-corrected chi connectivity index (χ0v) is 15.8. The van der Waals surface area contributed by atoms with Crippen molar-refractivity contribution in [1.29, 1.82) is 0 Å². The molecule has 0 aliphatic rings. The van der Waals surface area contributed by atoms with Gasteiger partial charge in [0, 0.05) is 27.3 Å². The van der Waals surface area contributed by atoms with Gasteiger partial charge in [-0.25, -0.2) is 14.9 Å². The lowest BCUT2D eigenvalue weighted by Gasteiger charge is -2.13. The van der Waals surface area contributed by atoms with Gasteiger partial charge in [0.2, 0.25) is 0 Å². The maximum absolute atomic E-state index is 14.1. The fraction of sp³-hybridized carbons (Fsp3) is 0.250. The van der Waals surface area contributed by atoms with Crippen LogP contribution in [0.2, 0.25) is 5.15 Å². The first-order chi connectivity index (χ1) is 11.9. The Morgan fingerprint density at radius 1 is 1.44 bits per heavy atom. The summed E-state index contributed by atoms with van der Waals surface area (Å²) >= 11 is 8.09. The standard InChI is InChI=1S/C16H15ClFIN2O4/c17-15-13(5-9-1-2-10(19)6-14(9)18)12(3-4-20-15)16(24)21-25-8-11(23)7-22/h1-4,6,11,22-23H,5,7-8H2,(H,21,24)/t11-/m1/s1. The molecule has 0 spiro atoms. The summed E-state index contributed by atoms with van der Waals surface area (Å²) in [5.41, 5.74) is 3.06. The number of benzene rings is 1. The topological polar surface area (TPSA) is 91.7 Å². The first-order valence-corrected chi connectivity index (χ1v) is 8.66. The van der Waals surface area contributed by atoms with E-state index in [9.17, 15) is 14.3 Å². The van der Waals surface area contributed by atoms with E-state index in [1.165, 1.54) is 18.3 Å². The summed E-state index contributed by atoms with van der Waals surface area (Å²) in [7, 11) is 0. The van der Waals surface area contributed by atoms with Gasteiger partial charge in [-0.3, -0.25) is 9.63 Å². The fourth-order valence-electron chi connectivity index (χ4n) is 2.01. The number of aromatic nitrogens is 1. The number of nitrogens with one attached hydrogen (secondary N) is 1. The van der Waals surface area contributed by atoms with Crippen molar-refractivity contribution < 1.29 is 24.2 Å². The molecule has 1 aromatic heterocycles. The first-order valence-electron chi connectivity index (χ1n) is 7.20. The minimum atomic E-state index is -1.11. The molecule has 0 bridgehead atoms. The molecule has 0 unspecified atom stereocenters. The van der Waals surface area contributed by atoms with Gasteiger partial charge < -0.3 is 10.2 Å². The predicted molar refractivity (Wildman–Crippen MR) is 97.7 cm³/mol. The van der Waals surface area contributed by atoms with Crippen molar-refractivity contribution in [2.45, 2.75) is 12.5 Å². The number of amides is 1. The Morgan fingerprint density at radius 2 is 2.20 bits per heavy atom. The highest BCUT2D eigenvalue weighted by Gasteiger charge is 2.17. The quantitative estimate of drug-likeness (QED) is 0.321. The number of carbonyl (C=O) groups is 1. The third-order valence-electron chi connectivity index (χ3n) is 3.28. The van der Waals surface area contributed by atoms with Crippen LogP contribution < -0.4 is 5.48 Å². The zero-order valence-electron chi connectivity index (χ0n) is 12.9. The van der Waals surface area contributed by atoms with E-state index in [-0.39, 0.29) is 23.7 Å². The Hall–Kier alpha value is -1.33. The van der Waals surface area contributed by atoms with E-state index >= 15 is 0 Å². The lowest BCUT2D eigenvalue weighted by Crippen LogP contribution is -2.30. The number of aliphatic hydroxyl groups is 2. The predicted octanol–water partition coefficient (Wildman–Crippen LogP) is 2.08. The van der Waals surface area contributed by atoms with Crippen molar-refractivity contribution >= 4 is 40.1 Å². The van der Waals surface area contributed by atoms with Crippen molar-refractivity contribution in [3.05, 3.63) is 61.7 Å². The van der Waals surface area contributed by atoms with Gasteiger partial charge in [0.25, 0.3) is 5.91 Å². The summed E-state index contributed by atoms with van der Waals surface area (Å²) in [5.74, 6) is -1.02. The number of carbonyl (C=O) groups excluding carboxylic acids is 1. The maximum Gasteiger partial charge on any atom is 0.275 e. The van der Waals surface area contributed by atoms with Crippen molar-refractivity contribution in [2.24, 2.45) is 0 Å². The summed E-state index contributed by atoms with van der Waals surface area (Å²) in [6.45, 7) is -0.767. The molecule has 9 heteroatoms. The third-order valence-corrected chi connectivity index (χ3v) is 4.28. The molecule has 0 fully saturated rings. The van der Waals surface area contributed by atoms with Crippen LogP contribution in [0.4, 0.5) is 4.39 Å². The van der Waals surface area contributed by atoms with Crippen molar-refractivity contribution in [1.82, 2.24) is 10.5 Å². The molecule has 2 aromatic rings. The van der Waals surface area contributed by atoms with Gasteiger partial charge in [-0.15, -0.1) is 0 Å². The highest BCUT2D eigenvalue weighted by Crippen LogP contribution is 2.23. The number of hydroxylamine groups is 1. The van der Waals surface area contributed by atoms with Crippen molar-refractivity contribution in [2.75, 3.05) is 13.2 Å². The minimum Gasteiger partial charge on any atom is -0.394 e. The smallest absolute Gasteiger partial charge is 0.275 e. The molecular formula is C16H15ClFIN2O4. The molecule has 1 amide bonds. The second-order valence-electron chi connectivity index (χ2n) is 5.12. The lowest BCUT2D eigenvalue weighted by molar-refractivity contribution is -0.0295. The highest BCUT2D eigenvalue weighted by molar-refractivity contribution is 14.1. The van der Waals surface area contributed by atoms with E-state index in [0.717, 1.165) is 3.57 Å². The molecule has 0 aliphatic heterocycles. The molecule has 6 nitrogen and oxygen atoms in total.